The minimum atomic E-state index is -1.46. The molecule has 8 nitrogen and oxygen atoms in total. The van der Waals surface area contributed by atoms with E-state index in [4.69, 9.17) is 9.84 Å². The summed E-state index contributed by atoms with van der Waals surface area (Å²) in [5.74, 6) is -1.48. The molecule has 0 saturated carbocycles. The molecule has 0 aliphatic heterocycles. The van der Waals surface area contributed by atoms with Crippen molar-refractivity contribution in [2.24, 2.45) is 0 Å². The van der Waals surface area contributed by atoms with Gasteiger partial charge in [0.05, 0.1) is 6.10 Å². The van der Waals surface area contributed by atoms with Crippen LogP contribution in [-0.4, -0.2) is 58.4 Å². The summed E-state index contributed by atoms with van der Waals surface area (Å²) >= 11 is 1.48. The summed E-state index contributed by atoms with van der Waals surface area (Å²) < 4.78 is 5.09. The molecule has 0 spiro atoms. The smallest absolute Gasteiger partial charge is 0.408 e. The summed E-state index contributed by atoms with van der Waals surface area (Å²) in [6.45, 7) is 1.31. The summed E-state index contributed by atoms with van der Waals surface area (Å²) in [6, 6.07) is 6.64. The van der Waals surface area contributed by atoms with E-state index in [0.717, 1.165) is 5.56 Å². The number of thioether (sulfide) groups is 1. The van der Waals surface area contributed by atoms with Crippen molar-refractivity contribution in [3.8, 4) is 0 Å². The largest absolute Gasteiger partial charge is 0.480 e. The van der Waals surface area contributed by atoms with E-state index in [0.29, 0.717) is 12.2 Å². The maximum Gasteiger partial charge on any atom is 0.408 e. The molecule has 0 saturated heterocycles. The van der Waals surface area contributed by atoms with Gasteiger partial charge < -0.3 is 25.6 Å². The average Bonchev–Trinajstić information content (AvgIpc) is 2.61. The third-order valence-corrected chi connectivity index (χ3v) is 4.12. The van der Waals surface area contributed by atoms with Crippen LogP contribution in [0.2, 0.25) is 0 Å². The zero-order valence-electron chi connectivity index (χ0n) is 14.7. The van der Waals surface area contributed by atoms with Gasteiger partial charge in [-0.15, -0.1) is 0 Å². The van der Waals surface area contributed by atoms with Crippen LogP contribution in [0.3, 0.4) is 0 Å². The molecule has 0 unspecified atom stereocenters. The Morgan fingerprint density at radius 3 is 2.38 bits per heavy atom. The van der Waals surface area contributed by atoms with Crippen molar-refractivity contribution in [3.05, 3.63) is 35.9 Å². The van der Waals surface area contributed by atoms with E-state index in [1.807, 2.05) is 24.5 Å². The summed E-state index contributed by atoms with van der Waals surface area (Å²) in [5.41, 5.74) is 0.799. The number of aliphatic carboxylic acids is 1. The Hall–Kier alpha value is -2.26. The highest BCUT2D eigenvalue weighted by Crippen LogP contribution is 2.05. The van der Waals surface area contributed by atoms with Crippen molar-refractivity contribution in [2.45, 2.75) is 38.1 Å². The third-order valence-electron chi connectivity index (χ3n) is 3.48. The lowest BCUT2D eigenvalue weighted by Crippen LogP contribution is -2.54. The molecule has 4 N–H and O–H groups in total. The van der Waals surface area contributed by atoms with Crippen LogP contribution in [0, 0.1) is 0 Å². The minimum Gasteiger partial charge on any atom is -0.480 e. The molecule has 3 atom stereocenters. The molecule has 144 valence electrons. The van der Waals surface area contributed by atoms with Gasteiger partial charge in [0.1, 0.15) is 12.6 Å². The molecular formula is C17H24N2O6S. The predicted octanol–water partition coefficient (Wildman–Crippen LogP) is 0.985. The lowest BCUT2D eigenvalue weighted by atomic mass is 10.1. The van der Waals surface area contributed by atoms with Crippen LogP contribution in [0.15, 0.2) is 30.3 Å². The Morgan fingerprint density at radius 1 is 1.19 bits per heavy atom. The fraction of sp³-hybridized carbons (Fsp3) is 0.471. The number of carboxylic acids is 1. The summed E-state index contributed by atoms with van der Waals surface area (Å²) in [6.07, 6.45) is 0.0831. The number of hydrogen-bond acceptors (Lipinski definition) is 6. The van der Waals surface area contributed by atoms with Crippen molar-refractivity contribution in [3.63, 3.8) is 0 Å². The number of amides is 2. The van der Waals surface area contributed by atoms with Crippen LogP contribution in [0.4, 0.5) is 4.79 Å². The monoisotopic (exact) mass is 384 g/mol. The lowest BCUT2D eigenvalue weighted by molar-refractivity contribution is -0.145. The topological polar surface area (TPSA) is 125 Å². The van der Waals surface area contributed by atoms with Crippen LogP contribution in [0.5, 0.6) is 0 Å². The van der Waals surface area contributed by atoms with Gasteiger partial charge in [-0.2, -0.15) is 11.8 Å². The number of aliphatic hydroxyl groups is 1. The van der Waals surface area contributed by atoms with Gasteiger partial charge >= 0.3 is 12.1 Å². The van der Waals surface area contributed by atoms with Gasteiger partial charge in [0.15, 0.2) is 6.04 Å². The van der Waals surface area contributed by atoms with Gasteiger partial charge in [-0.3, -0.25) is 4.79 Å². The Balaban J connectivity index is 2.65. The second-order valence-electron chi connectivity index (χ2n) is 5.61. The molecule has 0 aliphatic rings. The molecule has 0 bridgehead atoms. The number of rotatable bonds is 10. The standard InChI is InChI=1S/C17H24N2O6S/c1-11(20)14(16(22)23)19-15(21)13(8-9-26-2)18-17(24)25-10-12-6-4-3-5-7-12/h3-7,11,13-14,20H,8-10H2,1-2H3,(H,18,24)(H,19,21)(H,22,23)/t11-,13+,14+/m1/s1. The number of nitrogens with one attached hydrogen (secondary N) is 2. The highest BCUT2D eigenvalue weighted by Gasteiger charge is 2.29. The van der Waals surface area contributed by atoms with Crippen LogP contribution in [-0.2, 0) is 20.9 Å². The second kappa shape index (κ2) is 11.4. The lowest BCUT2D eigenvalue weighted by Gasteiger charge is -2.22. The van der Waals surface area contributed by atoms with Crippen molar-refractivity contribution >= 4 is 29.7 Å². The fourth-order valence-corrected chi connectivity index (χ4v) is 2.53. The second-order valence-corrected chi connectivity index (χ2v) is 6.59. The first-order valence-electron chi connectivity index (χ1n) is 8.02. The molecule has 1 rings (SSSR count). The van der Waals surface area contributed by atoms with E-state index < -0.39 is 36.2 Å². The van der Waals surface area contributed by atoms with Crippen LogP contribution in [0.25, 0.3) is 0 Å². The molecule has 0 radical (unpaired) electrons. The quantitative estimate of drug-likeness (QED) is 0.474. The number of benzene rings is 1. The number of carboxylic acid groups (broad SMARTS) is 1. The number of aliphatic hydroxyl groups excluding tert-OH is 1. The number of hydrogen-bond donors (Lipinski definition) is 4. The molecule has 0 heterocycles. The minimum absolute atomic E-state index is 0.0506. The maximum absolute atomic E-state index is 12.3. The van der Waals surface area contributed by atoms with Crippen LogP contribution >= 0.6 is 11.8 Å². The van der Waals surface area contributed by atoms with Gasteiger partial charge in [0, 0.05) is 0 Å². The maximum atomic E-state index is 12.3. The average molecular weight is 384 g/mol. The molecule has 0 aliphatic carbocycles. The van der Waals surface area contributed by atoms with Crippen LogP contribution in [0.1, 0.15) is 18.9 Å². The first-order valence-corrected chi connectivity index (χ1v) is 9.42. The van der Waals surface area contributed by atoms with Crippen molar-refractivity contribution in [2.75, 3.05) is 12.0 Å². The van der Waals surface area contributed by atoms with Gasteiger partial charge in [-0.1, -0.05) is 30.3 Å². The third kappa shape index (κ3) is 7.75. The summed E-state index contributed by atoms with van der Waals surface area (Å²) in [4.78, 5) is 35.4. The van der Waals surface area contributed by atoms with Crippen molar-refractivity contribution < 1.29 is 29.3 Å². The number of alkyl carbamates (subject to hydrolysis) is 1. The van der Waals surface area contributed by atoms with Crippen molar-refractivity contribution in [1.29, 1.82) is 0 Å². The number of carbonyl (C=O) groups excluding carboxylic acids is 2. The van der Waals surface area contributed by atoms with E-state index in [1.165, 1.54) is 18.7 Å². The fourth-order valence-electron chi connectivity index (χ4n) is 2.05. The van der Waals surface area contributed by atoms with Gasteiger partial charge in [-0.25, -0.2) is 9.59 Å². The highest BCUT2D eigenvalue weighted by molar-refractivity contribution is 7.98. The normalized spacial score (nSPS) is 14.0. The van der Waals surface area contributed by atoms with E-state index in [9.17, 15) is 19.5 Å². The van der Waals surface area contributed by atoms with E-state index in [1.54, 1.807) is 12.1 Å². The summed E-state index contributed by atoms with van der Waals surface area (Å²) in [5, 5.41) is 23.2. The zero-order valence-corrected chi connectivity index (χ0v) is 15.5. The molecule has 1 aromatic rings. The first-order chi connectivity index (χ1) is 12.3. The molecule has 26 heavy (non-hydrogen) atoms. The first kappa shape index (κ1) is 21.8. The molecule has 0 fully saturated rings. The number of ether oxygens (including phenoxy) is 1. The Kier molecular flexibility index (Phi) is 9.53. The predicted molar refractivity (Wildman–Crippen MR) is 97.8 cm³/mol. The molecule has 9 heteroatoms. The van der Waals surface area contributed by atoms with E-state index in [2.05, 4.69) is 10.6 Å². The number of carbonyl (C=O) groups is 3. The summed E-state index contributed by atoms with van der Waals surface area (Å²) in [7, 11) is 0. The van der Waals surface area contributed by atoms with Crippen molar-refractivity contribution in [1.82, 2.24) is 10.6 Å². The van der Waals surface area contributed by atoms with Gasteiger partial charge in [0.2, 0.25) is 5.91 Å². The van der Waals surface area contributed by atoms with E-state index >= 15 is 0 Å². The zero-order chi connectivity index (χ0) is 19.5. The Morgan fingerprint density at radius 2 is 1.85 bits per heavy atom. The molecular weight excluding hydrogens is 360 g/mol. The Bertz CT molecular complexity index is 596. The van der Waals surface area contributed by atoms with E-state index in [-0.39, 0.29) is 6.61 Å². The molecule has 2 amide bonds. The highest BCUT2D eigenvalue weighted by atomic mass is 32.2. The molecule has 0 aromatic heterocycles. The van der Waals surface area contributed by atoms with Gasteiger partial charge in [0.25, 0.3) is 0 Å². The molecule has 1 aromatic carbocycles. The van der Waals surface area contributed by atoms with Crippen LogP contribution < -0.4 is 10.6 Å². The Labute approximate surface area is 156 Å². The SMILES string of the molecule is CSCC[C@H](NC(=O)OCc1ccccc1)C(=O)N[C@H](C(=O)O)[C@@H](C)O. The van der Waals surface area contributed by atoms with Gasteiger partial charge in [-0.05, 0) is 30.9 Å².